The lowest BCUT2D eigenvalue weighted by Crippen LogP contribution is -2.28. The number of nitrogens with zero attached hydrogens (tertiary/aromatic N) is 1. The van der Waals surface area contributed by atoms with Gasteiger partial charge in [0.1, 0.15) is 5.75 Å². The predicted octanol–water partition coefficient (Wildman–Crippen LogP) is 3.41. The molecule has 4 aromatic rings. The van der Waals surface area contributed by atoms with E-state index in [4.69, 9.17) is 4.74 Å². The second kappa shape index (κ2) is 8.51. The van der Waals surface area contributed by atoms with Crippen LogP contribution in [0.1, 0.15) is 26.5 Å². The molecule has 2 heterocycles. The molecule has 4 rings (SSSR count). The van der Waals surface area contributed by atoms with Crippen molar-refractivity contribution in [3.05, 3.63) is 87.7 Å². The average Bonchev–Trinajstić information content (AvgIpc) is 3.35. The molecule has 2 aromatic heterocycles. The van der Waals surface area contributed by atoms with Crippen LogP contribution >= 0.6 is 11.3 Å². The minimum Gasteiger partial charge on any atom is -0.543 e. The Balaban J connectivity index is 1.78. The number of nitrogens with one attached hydrogen (secondary N) is 1. The first-order valence-electron chi connectivity index (χ1n) is 9.35. The molecule has 29 heavy (non-hydrogen) atoms. The first-order chi connectivity index (χ1) is 14.2. The number of aromatic carboxylic acids is 1. The second-order valence-corrected chi connectivity index (χ2v) is 7.78. The van der Waals surface area contributed by atoms with Crippen molar-refractivity contribution in [1.29, 1.82) is 0 Å². The van der Waals surface area contributed by atoms with Gasteiger partial charge in [0, 0.05) is 41.5 Å². The Labute approximate surface area is 173 Å². The number of fused-ring (bicyclic) bond motifs is 1. The summed E-state index contributed by atoms with van der Waals surface area (Å²) in [5, 5.41) is 18.4. The number of hydrogen-bond donors (Lipinski definition) is 1. The molecular formula is C23H21N2O3S-. The number of methoxy groups -OCH3 is 1. The van der Waals surface area contributed by atoms with E-state index in [9.17, 15) is 9.90 Å². The van der Waals surface area contributed by atoms with Gasteiger partial charge in [-0.3, -0.25) is 0 Å². The van der Waals surface area contributed by atoms with Gasteiger partial charge in [0.2, 0.25) is 0 Å². The van der Waals surface area contributed by atoms with E-state index < -0.39 is 5.97 Å². The summed E-state index contributed by atoms with van der Waals surface area (Å²) in [7, 11) is 1.61. The van der Waals surface area contributed by atoms with Crippen LogP contribution in [0.4, 0.5) is 0 Å². The van der Waals surface area contributed by atoms with Gasteiger partial charge in [-0.15, -0.1) is 11.3 Å². The SMILES string of the molecule is COc1ccc2c(CNCc3cccs3)c(C(=O)[O-])n(Cc3ccccc3)c2c1. The van der Waals surface area contributed by atoms with Crippen LogP contribution in [0, 0.1) is 0 Å². The van der Waals surface area contributed by atoms with Gasteiger partial charge in [0.25, 0.3) is 0 Å². The molecule has 0 spiro atoms. The van der Waals surface area contributed by atoms with Gasteiger partial charge in [0.05, 0.1) is 24.3 Å². The third-order valence-electron chi connectivity index (χ3n) is 4.93. The van der Waals surface area contributed by atoms with Crippen LogP contribution < -0.4 is 15.2 Å². The van der Waals surface area contributed by atoms with E-state index in [1.165, 1.54) is 4.88 Å². The zero-order chi connectivity index (χ0) is 20.2. The van der Waals surface area contributed by atoms with E-state index >= 15 is 0 Å². The number of ether oxygens (including phenoxy) is 1. The van der Waals surface area contributed by atoms with Crippen LogP contribution in [-0.2, 0) is 19.6 Å². The molecule has 0 aliphatic heterocycles. The fourth-order valence-corrected chi connectivity index (χ4v) is 4.27. The maximum atomic E-state index is 12.2. The van der Waals surface area contributed by atoms with Gasteiger partial charge in [-0.05, 0) is 29.1 Å². The van der Waals surface area contributed by atoms with Crippen LogP contribution in [0.5, 0.6) is 5.75 Å². The lowest BCUT2D eigenvalue weighted by atomic mass is 10.1. The van der Waals surface area contributed by atoms with E-state index in [1.807, 2.05) is 64.5 Å². The highest BCUT2D eigenvalue weighted by Crippen LogP contribution is 2.30. The number of carbonyl (C=O) groups excluding carboxylic acids is 1. The maximum absolute atomic E-state index is 12.2. The first kappa shape index (κ1) is 19.2. The Morgan fingerprint density at radius 3 is 2.62 bits per heavy atom. The summed E-state index contributed by atoms with van der Waals surface area (Å²) in [4.78, 5) is 13.4. The van der Waals surface area contributed by atoms with E-state index in [0.717, 1.165) is 22.0 Å². The highest BCUT2D eigenvalue weighted by Gasteiger charge is 2.19. The smallest absolute Gasteiger partial charge is 0.120 e. The summed E-state index contributed by atoms with van der Waals surface area (Å²) >= 11 is 1.67. The van der Waals surface area contributed by atoms with Gasteiger partial charge < -0.3 is 24.5 Å². The lowest BCUT2D eigenvalue weighted by Gasteiger charge is -2.14. The van der Waals surface area contributed by atoms with Crippen molar-refractivity contribution in [2.75, 3.05) is 7.11 Å². The van der Waals surface area contributed by atoms with Crippen LogP contribution in [0.3, 0.4) is 0 Å². The third kappa shape index (κ3) is 4.04. The molecule has 0 saturated heterocycles. The fourth-order valence-electron chi connectivity index (χ4n) is 3.59. The molecule has 6 heteroatoms. The lowest BCUT2D eigenvalue weighted by molar-refractivity contribution is -0.255. The topological polar surface area (TPSA) is 66.3 Å². The van der Waals surface area contributed by atoms with E-state index in [-0.39, 0.29) is 5.69 Å². The molecule has 0 aliphatic carbocycles. The summed E-state index contributed by atoms with van der Waals surface area (Å²) in [6.45, 7) is 1.57. The predicted molar refractivity (Wildman–Crippen MR) is 113 cm³/mol. The highest BCUT2D eigenvalue weighted by atomic mass is 32.1. The Morgan fingerprint density at radius 1 is 1.10 bits per heavy atom. The van der Waals surface area contributed by atoms with Crippen LogP contribution in [-0.4, -0.2) is 17.6 Å². The molecule has 0 radical (unpaired) electrons. The largest absolute Gasteiger partial charge is 0.543 e. The summed E-state index contributed by atoms with van der Waals surface area (Å²) in [6, 6.07) is 19.5. The van der Waals surface area contributed by atoms with Gasteiger partial charge in [-0.1, -0.05) is 36.4 Å². The molecule has 0 saturated carbocycles. The monoisotopic (exact) mass is 405 g/mol. The van der Waals surface area contributed by atoms with E-state index in [0.29, 0.717) is 25.4 Å². The number of hydrogen-bond acceptors (Lipinski definition) is 5. The minimum absolute atomic E-state index is 0.204. The highest BCUT2D eigenvalue weighted by molar-refractivity contribution is 7.09. The first-order valence-corrected chi connectivity index (χ1v) is 10.2. The summed E-state index contributed by atoms with van der Waals surface area (Å²) in [5.41, 5.74) is 2.78. The van der Waals surface area contributed by atoms with Gasteiger partial charge >= 0.3 is 0 Å². The molecule has 0 fully saturated rings. The Kier molecular flexibility index (Phi) is 5.64. The maximum Gasteiger partial charge on any atom is 0.120 e. The molecule has 0 amide bonds. The van der Waals surface area contributed by atoms with Crippen molar-refractivity contribution >= 4 is 28.2 Å². The quantitative estimate of drug-likeness (QED) is 0.488. The third-order valence-corrected chi connectivity index (χ3v) is 5.81. The van der Waals surface area contributed by atoms with Gasteiger partial charge in [-0.2, -0.15) is 0 Å². The van der Waals surface area contributed by atoms with Crippen molar-refractivity contribution in [3.8, 4) is 5.75 Å². The van der Waals surface area contributed by atoms with Crippen molar-refractivity contribution in [2.45, 2.75) is 19.6 Å². The van der Waals surface area contributed by atoms with Gasteiger partial charge in [0.15, 0.2) is 0 Å². The minimum atomic E-state index is -1.18. The number of thiophene rings is 1. The summed E-state index contributed by atoms with van der Waals surface area (Å²) in [6.07, 6.45) is 0. The standard InChI is InChI=1S/C23H22N2O3S/c1-28-17-9-10-19-20(14-24-13-18-8-5-11-29-18)22(23(26)27)25(21(19)12-17)15-16-6-3-2-4-7-16/h2-12,24H,13-15H2,1H3,(H,26,27)/p-1. The number of rotatable bonds is 8. The average molecular weight is 405 g/mol. The number of carboxylic acids is 1. The molecular weight excluding hydrogens is 384 g/mol. The number of aromatic nitrogens is 1. The van der Waals surface area contributed by atoms with Crippen molar-refractivity contribution in [2.24, 2.45) is 0 Å². The van der Waals surface area contributed by atoms with Crippen LogP contribution in [0.2, 0.25) is 0 Å². The Morgan fingerprint density at radius 2 is 1.93 bits per heavy atom. The van der Waals surface area contributed by atoms with Crippen molar-refractivity contribution < 1.29 is 14.6 Å². The molecule has 148 valence electrons. The molecule has 0 aliphatic rings. The Hall–Kier alpha value is -3.09. The molecule has 0 bridgehead atoms. The van der Waals surface area contributed by atoms with Crippen LogP contribution in [0.25, 0.3) is 10.9 Å². The van der Waals surface area contributed by atoms with E-state index in [1.54, 1.807) is 18.4 Å². The molecule has 0 unspecified atom stereocenters. The van der Waals surface area contributed by atoms with Crippen LogP contribution in [0.15, 0.2) is 66.0 Å². The fraction of sp³-hybridized carbons (Fsp3) is 0.174. The second-order valence-electron chi connectivity index (χ2n) is 6.75. The number of carboxylic acid groups (broad SMARTS) is 1. The summed E-state index contributed by atoms with van der Waals surface area (Å²) < 4.78 is 7.19. The zero-order valence-corrected chi connectivity index (χ0v) is 16.9. The Bertz CT molecular complexity index is 1120. The zero-order valence-electron chi connectivity index (χ0n) is 16.1. The normalized spacial score (nSPS) is 11.1. The summed E-state index contributed by atoms with van der Waals surface area (Å²) in [5.74, 6) is -0.490. The van der Waals surface area contributed by atoms with Crippen molar-refractivity contribution in [3.63, 3.8) is 0 Å². The molecule has 5 nitrogen and oxygen atoms in total. The molecule has 1 N–H and O–H groups in total. The molecule has 0 atom stereocenters. The van der Waals surface area contributed by atoms with Crippen molar-refractivity contribution in [1.82, 2.24) is 9.88 Å². The van der Waals surface area contributed by atoms with Gasteiger partial charge in [-0.25, -0.2) is 0 Å². The van der Waals surface area contributed by atoms with E-state index in [2.05, 4.69) is 11.4 Å². The number of carbonyl (C=O) groups is 1. The molecule has 2 aromatic carbocycles. The number of benzene rings is 2.